The van der Waals surface area contributed by atoms with E-state index in [0.717, 1.165) is 10.00 Å². The predicted octanol–water partition coefficient (Wildman–Crippen LogP) is 0.899. The van der Waals surface area contributed by atoms with Crippen molar-refractivity contribution < 1.29 is 8.42 Å². The second kappa shape index (κ2) is 5.56. The third-order valence-corrected chi connectivity index (χ3v) is 4.63. The number of pyridine rings is 2. The van der Waals surface area contributed by atoms with Crippen LogP contribution in [0.25, 0.3) is 0 Å². The lowest BCUT2D eigenvalue weighted by atomic mass is 10.3. The third-order valence-electron chi connectivity index (χ3n) is 2.81. The first-order valence-electron chi connectivity index (χ1n) is 5.97. The fourth-order valence-corrected chi connectivity index (χ4v) is 2.95. The summed E-state index contributed by atoms with van der Waals surface area (Å²) in [6, 6.07) is 6.58. The number of aryl methyl sites for hydroxylation is 1. The van der Waals surface area contributed by atoms with Crippen molar-refractivity contribution in [2.24, 2.45) is 0 Å². The second-order valence-corrected chi connectivity index (χ2v) is 6.42. The highest BCUT2D eigenvalue weighted by Crippen LogP contribution is 2.12. The van der Waals surface area contributed by atoms with E-state index in [2.05, 4.69) is 9.97 Å². The Morgan fingerprint density at radius 2 is 2.05 bits per heavy atom. The lowest BCUT2D eigenvalue weighted by Crippen LogP contribution is -2.30. The van der Waals surface area contributed by atoms with Crippen molar-refractivity contribution >= 4 is 10.0 Å². The van der Waals surface area contributed by atoms with Gasteiger partial charge in [-0.05, 0) is 19.1 Å². The number of aromatic nitrogens is 2. The average molecular weight is 293 g/mol. The first-order chi connectivity index (χ1) is 9.41. The molecule has 7 heteroatoms. The first kappa shape index (κ1) is 14.4. The zero-order chi connectivity index (χ0) is 14.8. The zero-order valence-corrected chi connectivity index (χ0v) is 12.0. The van der Waals surface area contributed by atoms with Crippen molar-refractivity contribution in [1.82, 2.24) is 14.3 Å². The van der Waals surface area contributed by atoms with Gasteiger partial charge in [0.1, 0.15) is 4.90 Å². The topological polar surface area (TPSA) is 83.1 Å². The van der Waals surface area contributed by atoms with Crippen molar-refractivity contribution in [3.8, 4) is 0 Å². The Morgan fingerprint density at radius 1 is 1.30 bits per heavy atom. The summed E-state index contributed by atoms with van der Waals surface area (Å²) in [5.74, 6) is 0. The van der Waals surface area contributed by atoms with Gasteiger partial charge in [0.25, 0.3) is 0 Å². The fourth-order valence-electron chi connectivity index (χ4n) is 1.77. The molecule has 2 aromatic heterocycles. The van der Waals surface area contributed by atoms with Crippen molar-refractivity contribution in [3.63, 3.8) is 0 Å². The fraction of sp³-hybridized carbons (Fsp3) is 0.231. The van der Waals surface area contributed by atoms with Crippen molar-refractivity contribution in [2.75, 3.05) is 7.05 Å². The molecule has 2 aromatic rings. The molecule has 0 saturated carbocycles. The van der Waals surface area contributed by atoms with Crippen molar-refractivity contribution in [1.29, 1.82) is 0 Å². The highest BCUT2D eigenvalue weighted by Gasteiger charge is 2.23. The minimum Gasteiger partial charge on any atom is -0.366 e. The number of hydrogen-bond acceptors (Lipinski definition) is 4. The normalized spacial score (nSPS) is 11.8. The molecule has 106 valence electrons. The van der Waals surface area contributed by atoms with E-state index in [4.69, 9.17) is 0 Å². The van der Waals surface area contributed by atoms with Gasteiger partial charge in [0, 0.05) is 31.2 Å². The first-order valence-corrected chi connectivity index (χ1v) is 7.41. The zero-order valence-electron chi connectivity index (χ0n) is 11.2. The van der Waals surface area contributed by atoms with Gasteiger partial charge >= 0.3 is 0 Å². The highest BCUT2D eigenvalue weighted by atomic mass is 32.2. The maximum atomic E-state index is 12.3. The molecule has 0 aromatic carbocycles. The van der Waals surface area contributed by atoms with Crippen LogP contribution in [-0.2, 0) is 16.6 Å². The molecular weight excluding hydrogens is 278 g/mol. The van der Waals surface area contributed by atoms with Crippen LogP contribution in [0.4, 0.5) is 0 Å². The van der Waals surface area contributed by atoms with Crippen LogP contribution in [0.2, 0.25) is 0 Å². The Balaban J connectivity index is 2.31. The summed E-state index contributed by atoms with van der Waals surface area (Å²) < 4.78 is 25.8. The van der Waals surface area contributed by atoms with Gasteiger partial charge in [-0.2, -0.15) is 4.31 Å². The molecule has 1 N–H and O–H groups in total. The monoisotopic (exact) mass is 293 g/mol. The lowest BCUT2D eigenvalue weighted by molar-refractivity contribution is 0.461. The van der Waals surface area contributed by atoms with Crippen LogP contribution in [0.5, 0.6) is 0 Å². The van der Waals surface area contributed by atoms with Gasteiger partial charge in [-0.1, -0.05) is 6.07 Å². The number of aromatic amines is 1. The van der Waals surface area contributed by atoms with Gasteiger partial charge in [0.15, 0.2) is 0 Å². The molecule has 0 atom stereocenters. The molecule has 0 amide bonds. The molecular formula is C13H15N3O3S. The molecule has 20 heavy (non-hydrogen) atoms. The summed E-state index contributed by atoms with van der Waals surface area (Å²) in [5.41, 5.74) is 0.905. The third kappa shape index (κ3) is 2.94. The van der Waals surface area contributed by atoms with E-state index in [0.29, 0.717) is 5.69 Å². The largest absolute Gasteiger partial charge is 0.366 e. The minimum absolute atomic E-state index is 0.109. The summed E-state index contributed by atoms with van der Waals surface area (Å²) in [7, 11) is -2.41. The van der Waals surface area contributed by atoms with E-state index in [1.807, 2.05) is 19.1 Å². The molecule has 0 fully saturated rings. The van der Waals surface area contributed by atoms with Crippen LogP contribution in [0.3, 0.4) is 0 Å². The van der Waals surface area contributed by atoms with Crippen LogP contribution in [0, 0.1) is 6.92 Å². The van der Waals surface area contributed by atoms with Gasteiger partial charge < -0.3 is 4.98 Å². The quantitative estimate of drug-likeness (QED) is 0.908. The molecule has 0 aliphatic carbocycles. The van der Waals surface area contributed by atoms with E-state index in [9.17, 15) is 13.2 Å². The van der Waals surface area contributed by atoms with Crippen LogP contribution < -0.4 is 5.43 Å². The SMILES string of the molecule is Cc1cccc(CN(C)S(=O)(=O)c2c[nH]ccc2=O)n1. The number of sulfonamides is 1. The van der Waals surface area contributed by atoms with E-state index < -0.39 is 15.5 Å². The number of rotatable bonds is 4. The number of nitrogens with one attached hydrogen (secondary N) is 1. The van der Waals surface area contributed by atoms with Crippen LogP contribution in [0.1, 0.15) is 11.4 Å². The standard InChI is InChI=1S/C13H15N3O3S/c1-10-4-3-5-11(15-10)9-16(2)20(18,19)13-8-14-7-6-12(13)17/h3-8H,9H2,1-2H3,(H,14,17). The molecule has 2 heterocycles. The molecule has 0 unspecified atom stereocenters. The van der Waals surface area contributed by atoms with Crippen LogP contribution >= 0.6 is 0 Å². The lowest BCUT2D eigenvalue weighted by Gasteiger charge is -2.16. The van der Waals surface area contributed by atoms with Crippen molar-refractivity contribution in [2.45, 2.75) is 18.4 Å². The molecule has 0 bridgehead atoms. The van der Waals surface area contributed by atoms with Gasteiger partial charge in [0.2, 0.25) is 15.5 Å². The van der Waals surface area contributed by atoms with Crippen LogP contribution in [0.15, 0.2) is 46.3 Å². The second-order valence-electron chi connectivity index (χ2n) is 4.40. The summed E-state index contributed by atoms with van der Waals surface area (Å²) in [4.78, 5) is 18.2. The van der Waals surface area contributed by atoms with Gasteiger partial charge in [-0.25, -0.2) is 8.42 Å². The summed E-state index contributed by atoms with van der Waals surface area (Å²) in [6.07, 6.45) is 2.58. The maximum Gasteiger partial charge on any atom is 0.248 e. The maximum absolute atomic E-state index is 12.3. The van der Waals surface area contributed by atoms with E-state index >= 15 is 0 Å². The highest BCUT2D eigenvalue weighted by molar-refractivity contribution is 7.89. The number of H-pyrrole nitrogens is 1. The Labute approximate surface area is 117 Å². The molecule has 0 radical (unpaired) electrons. The van der Waals surface area contributed by atoms with Gasteiger partial charge in [0.05, 0.1) is 12.2 Å². The molecule has 0 saturated heterocycles. The van der Waals surface area contributed by atoms with E-state index in [1.165, 1.54) is 25.5 Å². The predicted molar refractivity (Wildman–Crippen MR) is 74.7 cm³/mol. The van der Waals surface area contributed by atoms with Crippen molar-refractivity contribution in [3.05, 3.63) is 58.3 Å². The minimum atomic E-state index is -3.83. The molecule has 0 aliphatic heterocycles. The summed E-state index contributed by atoms with van der Waals surface area (Å²) in [5, 5.41) is 0. The van der Waals surface area contributed by atoms with E-state index in [-0.39, 0.29) is 11.4 Å². The Hall–Kier alpha value is -1.99. The summed E-state index contributed by atoms with van der Waals surface area (Å²) in [6.45, 7) is 1.94. The Kier molecular flexibility index (Phi) is 4.01. The van der Waals surface area contributed by atoms with Gasteiger partial charge in [-0.3, -0.25) is 9.78 Å². The van der Waals surface area contributed by atoms with Gasteiger partial charge in [-0.15, -0.1) is 0 Å². The average Bonchev–Trinajstić information content (AvgIpc) is 2.39. The molecule has 0 aliphatic rings. The van der Waals surface area contributed by atoms with E-state index in [1.54, 1.807) is 6.07 Å². The molecule has 2 rings (SSSR count). The number of hydrogen-bond donors (Lipinski definition) is 1. The molecule has 0 spiro atoms. The Morgan fingerprint density at radius 3 is 2.70 bits per heavy atom. The Bertz CT molecular complexity index is 768. The summed E-state index contributed by atoms with van der Waals surface area (Å²) >= 11 is 0. The molecule has 6 nitrogen and oxygen atoms in total. The number of nitrogens with zero attached hydrogens (tertiary/aromatic N) is 2. The van der Waals surface area contributed by atoms with Crippen LogP contribution in [-0.4, -0.2) is 29.7 Å². The smallest absolute Gasteiger partial charge is 0.248 e.